The van der Waals surface area contributed by atoms with E-state index in [1.165, 1.54) is 5.69 Å². The number of hydrogen-bond acceptors (Lipinski definition) is 3. The smallest absolute Gasteiger partial charge is 0.242 e. The molecule has 2 rings (SSSR count). The highest BCUT2D eigenvalue weighted by Gasteiger charge is 2.22. The third-order valence-electron chi connectivity index (χ3n) is 4.07. The standard InChI is InChI=1S/C16H28N4O/c1-5-19(6-2)16(21)11-20-14-7-8-17-10-13(14)18-15(20)9-12(3)4/h12,17H,5-11H2,1-4H3. The minimum atomic E-state index is 0.198. The van der Waals surface area contributed by atoms with Gasteiger partial charge in [0.2, 0.25) is 5.91 Å². The fourth-order valence-electron chi connectivity index (χ4n) is 2.95. The summed E-state index contributed by atoms with van der Waals surface area (Å²) in [5, 5.41) is 3.36. The molecule has 0 saturated heterocycles. The van der Waals surface area contributed by atoms with Gasteiger partial charge in [-0.2, -0.15) is 0 Å². The molecule has 1 N–H and O–H groups in total. The van der Waals surface area contributed by atoms with Crippen LogP contribution >= 0.6 is 0 Å². The van der Waals surface area contributed by atoms with Gasteiger partial charge in [-0.1, -0.05) is 13.8 Å². The lowest BCUT2D eigenvalue weighted by molar-refractivity contribution is -0.131. The van der Waals surface area contributed by atoms with Gasteiger partial charge >= 0.3 is 0 Å². The molecule has 1 aliphatic rings. The number of hydrogen-bond donors (Lipinski definition) is 1. The molecule has 0 bridgehead atoms. The van der Waals surface area contributed by atoms with Crippen molar-refractivity contribution in [3.8, 4) is 0 Å². The maximum atomic E-state index is 12.5. The molecule has 0 aromatic carbocycles. The average Bonchev–Trinajstić information content (AvgIpc) is 2.77. The molecule has 0 spiro atoms. The van der Waals surface area contributed by atoms with Gasteiger partial charge in [-0.15, -0.1) is 0 Å². The predicted molar refractivity (Wildman–Crippen MR) is 84.1 cm³/mol. The van der Waals surface area contributed by atoms with Gasteiger partial charge in [0.1, 0.15) is 12.4 Å². The molecule has 0 fully saturated rings. The summed E-state index contributed by atoms with van der Waals surface area (Å²) in [6.07, 6.45) is 1.89. The van der Waals surface area contributed by atoms with Crippen LogP contribution in [-0.4, -0.2) is 40.0 Å². The Kier molecular flexibility index (Phi) is 5.39. The van der Waals surface area contributed by atoms with E-state index in [0.717, 1.165) is 50.5 Å². The van der Waals surface area contributed by atoms with E-state index >= 15 is 0 Å². The largest absolute Gasteiger partial charge is 0.342 e. The summed E-state index contributed by atoms with van der Waals surface area (Å²) < 4.78 is 2.18. The Morgan fingerprint density at radius 3 is 2.71 bits per heavy atom. The highest BCUT2D eigenvalue weighted by Crippen LogP contribution is 2.19. The molecule has 5 heteroatoms. The van der Waals surface area contributed by atoms with Crippen LogP contribution < -0.4 is 5.32 Å². The van der Waals surface area contributed by atoms with Crippen LogP contribution in [-0.2, 0) is 30.7 Å². The quantitative estimate of drug-likeness (QED) is 0.866. The number of fused-ring (bicyclic) bond motifs is 1. The zero-order chi connectivity index (χ0) is 15.4. The molecular weight excluding hydrogens is 264 g/mol. The number of nitrogens with zero attached hydrogens (tertiary/aromatic N) is 3. The number of carbonyl (C=O) groups excluding carboxylic acids is 1. The molecule has 0 saturated carbocycles. The van der Waals surface area contributed by atoms with E-state index in [0.29, 0.717) is 12.5 Å². The average molecular weight is 292 g/mol. The van der Waals surface area contributed by atoms with Crippen LogP contribution in [0.3, 0.4) is 0 Å². The first kappa shape index (κ1) is 16.0. The van der Waals surface area contributed by atoms with Gasteiger partial charge in [-0.25, -0.2) is 4.98 Å². The molecule has 1 aromatic heterocycles. The second-order valence-corrected chi connectivity index (χ2v) is 6.10. The van der Waals surface area contributed by atoms with E-state index in [1.807, 2.05) is 18.7 Å². The Morgan fingerprint density at radius 1 is 1.38 bits per heavy atom. The minimum Gasteiger partial charge on any atom is -0.342 e. The Balaban J connectivity index is 2.27. The van der Waals surface area contributed by atoms with E-state index in [9.17, 15) is 4.79 Å². The molecule has 1 aromatic rings. The SMILES string of the molecule is CCN(CC)C(=O)Cn1c(CC(C)C)nc2c1CCNC2. The summed E-state index contributed by atoms with van der Waals surface area (Å²) in [5.41, 5.74) is 2.38. The van der Waals surface area contributed by atoms with Crippen LogP contribution in [0, 0.1) is 5.92 Å². The molecule has 0 aliphatic carbocycles. The first-order valence-electron chi connectivity index (χ1n) is 8.12. The minimum absolute atomic E-state index is 0.198. The molecule has 21 heavy (non-hydrogen) atoms. The lowest BCUT2D eigenvalue weighted by Gasteiger charge is -2.22. The van der Waals surface area contributed by atoms with Crippen molar-refractivity contribution in [3.63, 3.8) is 0 Å². The lowest BCUT2D eigenvalue weighted by atomic mass is 10.1. The van der Waals surface area contributed by atoms with Crippen LogP contribution in [0.4, 0.5) is 0 Å². The number of rotatable bonds is 6. The second kappa shape index (κ2) is 7.07. The summed E-state index contributed by atoms with van der Waals surface area (Å²) >= 11 is 0. The Morgan fingerprint density at radius 2 is 2.10 bits per heavy atom. The first-order chi connectivity index (χ1) is 10.1. The number of amides is 1. The van der Waals surface area contributed by atoms with E-state index in [4.69, 9.17) is 4.98 Å². The van der Waals surface area contributed by atoms with Crippen molar-refractivity contribution in [2.75, 3.05) is 19.6 Å². The molecule has 5 nitrogen and oxygen atoms in total. The van der Waals surface area contributed by atoms with Crippen LogP contribution in [0.1, 0.15) is 44.9 Å². The first-order valence-corrected chi connectivity index (χ1v) is 8.12. The van der Waals surface area contributed by atoms with Crippen molar-refractivity contribution in [2.45, 2.75) is 53.6 Å². The zero-order valence-corrected chi connectivity index (χ0v) is 13.8. The monoisotopic (exact) mass is 292 g/mol. The molecule has 2 heterocycles. The van der Waals surface area contributed by atoms with Crippen molar-refractivity contribution in [2.24, 2.45) is 5.92 Å². The normalized spacial score (nSPS) is 14.3. The molecule has 1 amide bonds. The molecule has 118 valence electrons. The molecule has 0 radical (unpaired) electrons. The summed E-state index contributed by atoms with van der Waals surface area (Å²) in [5.74, 6) is 1.81. The summed E-state index contributed by atoms with van der Waals surface area (Å²) in [6.45, 7) is 12.2. The van der Waals surface area contributed by atoms with E-state index in [2.05, 4.69) is 23.7 Å². The predicted octanol–water partition coefficient (Wildman–Crippen LogP) is 1.60. The van der Waals surface area contributed by atoms with Crippen molar-refractivity contribution in [1.82, 2.24) is 19.8 Å². The summed E-state index contributed by atoms with van der Waals surface area (Å²) in [6, 6.07) is 0. The topological polar surface area (TPSA) is 50.2 Å². The van der Waals surface area contributed by atoms with E-state index in [1.54, 1.807) is 0 Å². The fourth-order valence-corrected chi connectivity index (χ4v) is 2.95. The molecule has 0 unspecified atom stereocenters. The van der Waals surface area contributed by atoms with Gasteiger partial charge in [0.15, 0.2) is 0 Å². The maximum absolute atomic E-state index is 12.5. The highest BCUT2D eigenvalue weighted by molar-refractivity contribution is 5.76. The molecule has 1 aliphatic heterocycles. The third kappa shape index (κ3) is 3.64. The van der Waals surface area contributed by atoms with Crippen LogP contribution in [0.5, 0.6) is 0 Å². The van der Waals surface area contributed by atoms with Crippen molar-refractivity contribution >= 4 is 5.91 Å². The lowest BCUT2D eigenvalue weighted by Crippen LogP contribution is -2.35. The van der Waals surface area contributed by atoms with Crippen LogP contribution in [0.2, 0.25) is 0 Å². The van der Waals surface area contributed by atoms with Gasteiger partial charge in [0.25, 0.3) is 0 Å². The number of carbonyl (C=O) groups is 1. The van der Waals surface area contributed by atoms with Crippen molar-refractivity contribution in [3.05, 3.63) is 17.2 Å². The number of nitrogens with one attached hydrogen (secondary N) is 1. The van der Waals surface area contributed by atoms with Gasteiger partial charge < -0.3 is 14.8 Å². The Hall–Kier alpha value is -1.36. The van der Waals surface area contributed by atoms with E-state index in [-0.39, 0.29) is 5.91 Å². The second-order valence-electron chi connectivity index (χ2n) is 6.10. The van der Waals surface area contributed by atoms with Crippen molar-refractivity contribution in [1.29, 1.82) is 0 Å². The highest BCUT2D eigenvalue weighted by atomic mass is 16.2. The summed E-state index contributed by atoms with van der Waals surface area (Å²) in [4.78, 5) is 19.1. The van der Waals surface area contributed by atoms with Crippen LogP contribution in [0.15, 0.2) is 0 Å². The maximum Gasteiger partial charge on any atom is 0.242 e. The van der Waals surface area contributed by atoms with Gasteiger partial charge in [-0.3, -0.25) is 4.79 Å². The summed E-state index contributed by atoms with van der Waals surface area (Å²) in [7, 11) is 0. The van der Waals surface area contributed by atoms with E-state index < -0.39 is 0 Å². The Bertz CT molecular complexity index is 489. The number of aromatic nitrogens is 2. The fraction of sp³-hybridized carbons (Fsp3) is 0.750. The number of imidazole rings is 1. The Labute approximate surface area is 127 Å². The van der Waals surface area contributed by atoms with Crippen molar-refractivity contribution < 1.29 is 4.79 Å². The molecular formula is C16H28N4O. The number of likely N-dealkylation sites (N-methyl/N-ethyl adjacent to an activating group) is 1. The van der Waals surface area contributed by atoms with Gasteiger partial charge in [0.05, 0.1) is 5.69 Å². The third-order valence-corrected chi connectivity index (χ3v) is 4.07. The zero-order valence-electron chi connectivity index (χ0n) is 13.8. The van der Waals surface area contributed by atoms with Gasteiger partial charge in [-0.05, 0) is 19.8 Å². The molecule has 0 atom stereocenters. The van der Waals surface area contributed by atoms with Gasteiger partial charge in [0, 0.05) is 44.7 Å². The van der Waals surface area contributed by atoms with Crippen LogP contribution in [0.25, 0.3) is 0 Å².